The van der Waals surface area contributed by atoms with Gasteiger partial charge >= 0.3 is 12.0 Å². The molecule has 1 fully saturated rings. The molecule has 0 unspecified atom stereocenters. The first kappa shape index (κ1) is 21.4. The van der Waals surface area contributed by atoms with E-state index >= 15 is 0 Å². The second-order valence-corrected chi connectivity index (χ2v) is 7.40. The fraction of sp³-hybridized carbons (Fsp3) is 0.348. The fourth-order valence-electron chi connectivity index (χ4n) is 3.35. The minimum atomic E-state index is -0.375. The molecule has 1 heterocycles. The van der Waals surface area contributed by atoms with Crippen molar-refractivity contribution in [2.45, 2.75) is 19.4 Å². The quantitative estimate of drug-likeness (QED) is 0.744. The number of nitrogens with one attached hydrogen (secondary N) is 1. The first-order chi connectivity index (χ1) is 14.5. The Morgan fingerprint density at radius 3 is 2.23 bits per heavy atom. The maximum Gasteiger partial charge on any atom is 0.321 e. The average molecular weight is 409 g/mol. The van der Waals surface area contributed by atoms with E-state index in [0.717, 1.165) is 11.3 Å². The van der Waals surface area contributed by atoms with Crippen LogP contribution in [0.2, 0.25) is 0 Å². The molecule has 0 atom stereocenters. The third-order valence-corrected chi connectivity index (χ3v) is 5.17. The molecule has 3 amide bonds. The lowest BCUT2D eigenvalue weighted by Crippen LogP contribution is -2.43. The Bertz CT molecular complexity index is 849. The van der Waals surface area contributed by atoms with E-state index in [0.29, 0.717) is 32.5 Å². The molecule has 0 spiro atoms. The maximum atomic E-state index is 12.3. The Balaban J connectivity index is 1.38. The zero-order chi connectivity index (χ0) is 21.3. The van der Waals surface area contributed by atoms with E-state index in [1.54, 1.807) is 16.8 Å². The van der Waals surface area contributed by atoms with Crippen LogP contribution in [0, 0.1) is 5.92 Å². The number of benzene rings is 2. The van der Waals surface area contributed by atoms with Gasteiger partial charge in [-0.1, -0.05) is 48.5 Å². The molecule has 0 radical (unpaired) electrons. The minimum absolute atomic E-state index is 0.175. The lowest BCUT2D eigenvalue weighted by molar-refractivity contribution is -0.156. The van der Waals surface area contributed by atoms with Crippen molar-refractivity contribution in [3.63, 3.8) is 0 Å². The molecule has 158 valence electrons. The summed E-state index contributed by atoms with van der Waals surface area (Å²) < 4.78 is 5.24. The number of ether oxygens (including phenoxy) is 1. The molecule has 0 aliphatic carbocycles. The van der Waals surface area contributed by atoms with Crippen LogP contribution in [0.5, 0.6) is 0 Å². The van der Waals surface area contributed by atoms with Crippen LogP contribution in [-0.2, 0) is 20.9 Å². The number of urea groups is 1. The number of nitrogens with zero attached hydrogens (tertiary/aromatic N) is 2. The van der Waals surface area contributed by atoms with Crippen molar-refractivity contribution in [2.24, 2.45) is 5.92 Å². The van der Waals surface area contributed by atoms with Gasteiger partial charge in [-0.25, -0.2) is 4.79 Å². The van der Waals surface area contributed by atoms with Crippen molar-refractivity contribution in [1.82, 2.24) is 9.80 Å². The number of anilines is 1. The van der Waals surface area contributed by atoms with Crippen LogP contribution in [0.4, 0.5) is 10.5 Å². The highest BCUT2D eigenvalue weighted by atomic mass is 16.5. The van der Waals surface area contributed by atoms with Gasteiger partial charge in [0.05, 0.1) is 5.92 Å². The maximum absolute atomic E-state index is 12.3. The van der Waals surface area contributed by atoms with Crippen molar-refractivity contribution >= 4 is 23.6 Å². The molecule has 2 aromatic carbocycles. The standard InChI is InChI=1S/C23H27N3O4/c1-25(16-18-8-4-2-5-9-18)21(27)17-30-22(28)19-12-14-26(15-13-19)23(29)24-20-10-6-3-7-11-20/h2-11,19H,12-17H2,1H3,(H,24,29). The van der Waals surface area contributed by atoms with Crippen LogP contribution < -0.4 is 5.32 Å². The summed E-state index contributed by atoms with van der Waals surface area (Å²) in [5, 5.41) is 2.85. The summed E-state index contributed by atoms with van der Waals surface area (Å²) in [7, 11) is 1.69. The first-order valence-corrected chi connectivity index (χ1v) is 10.1. The number of carbonyl (C=O) groups is 3. The van der Waals surface area contributed by atoms with Gasteiger partial charge in [-0.2, -0.15) is 0 Å². The summed E-state index contributed by atoms with van der Waals surface area (Å²) in [6.07, 6.45) is 1.05. The van der Waals surface area contributed by atoms with Crippen molar-refractivity contribution in [1.29, 1.82) is 0 Å². The molecule has 0 aromatic heterocycles. The summed E-state index contributed by atoms with van der Waals surface area (Å²) in [6, 6.07) is 18.7. The number of rotatable bonds is 6. The zero-order valence-electron chi connectivity index (χ0n) is 17.1. The van der Waals surface area contributed by atoms with E-state index in [-0.39, 0.29) is 30.4 Å². The number of hydrogen-bond donors (Lipinski definition) is 1. The van der Waals surface area contributed by atoms with Gasteiger partial charge < -0.3 is 19.9 Å². The molecule has 30 heavy (non-hydrogen) atoms. The fourth-order valence-corrected chi connectivity index (χ4v) is 3.35. The number of likely N-dealkylation sites (N-methyl/N-ethyl adjacent to an activating group) is 1. The Labute approximate surface area is 176 Å². The second-order valence-electron chi connectivity index (χ2n) is 7.40. The van der Waals surface area contributed by atoms with Gasteiger partial charge in [-0.15, -0.1) is 0 Å². The Kier molecular flexibility index (Phi) is 7.43. The molecule has 1 aliphatic rings. The number of amides is 3. The molecule has 0 saturated carbocycles. The van der Waals surface area contributed by atoms with Crippen molar-refractivity contribution in [3.8, 4) is 0 Å². The molecule has 2 aromatic rings. The Morgan fingerprint density at radius 1 is 1.00 bits per heavy atom. The van der Waals surface area contributed by atoms with Crippen molar-refractivity contribution in [3.05, 3.63) is 66.2 Å². The van der Waals surface area contributed by atoms with Gasteiger partial charge in [0.15, 0.2) is 6.61 Å². The lowest BCUT2D eigenvalue weighted by Gasteiger charge is -2.31. The summed E-state index contributed by atoms with van der Waals surface area (Å²) in [4.78, 5) is 40.1. The van der Waals surface area contributed by atoms with Crippen LogP contribution in [0.3, 0.4) is 0 Å². The number of para-hydroxylation sites is 1. The summed E-state index contributed by atoms with van der Waals surface area (Å²) in [5.74, 6) is -0.913. The van der Waals surface area contributed by atoms with Crippen LogP contribution in [-0.4, -0.2) is 54.5 Å². The molecule has 7 nitrogen and oxygen atoms in total. The van der Waals surface area contributed by atoms with Gasteiger partial charge in [0.1, 0.15) is 0 Å². The number of likely N-dealkylation sites (tertiary alicyclic amines) is 1. The molecule has 1 saturated heterocycles. The van der Waals surface area contributed by atoms with E-state index in [1.165, 1.54) is 0 Å². The van der Waals surface area contributed by atoms with Crippen molar-refractivity contribution in [2.75, 3.05) is 32.1 Å². The predicted octanol–water partition coefficient (Wildman–Crippen LogP) is 3.13. The van der Waals surface area contributed by atoms with Crippen LogP contribution >= 0.6 is 0 Å². The highest BCUT2D eigenvalue weighted by Gasteiger charge is 2.29. The third kappa shape index (κ3) is 6.07. The van der Waals surface area contributed by atoms with Crippen molar-refractivity contribution < 1.29 is 19.1 Å². The summed E-state index contributed by atoms with van der Waals surface area (Å²) in [6.45, 7) is 1.14. The average Bonchev–Trinajstić information content (AvgIpc) is 2.78. The monoisotopic (exact) mass is 409 g/mol. The highest BCUT2D eigenvalue weighted by molar-refractivity contribution is 5.89. The van der Waals surface area contributed by atoms with E-state index in [2.05, 4.69) is 5.32 Å². The molecule has 1 N–H and O–H groups in total. The molecular weight excluding hydrogens is 382 g/mol. The van der Waals surface area contributed by atoms with Gasteiger partial charge in [-0.05, 0) is 30.5 Å². The molecule has 1 aliphatic heterocycles. The predicted molar refractivity (Wildman–Crippen MR) is 114 cm³/mol. The minimum Gasteiger partial charge on any atom is -0.455 e. The summed E-state index contributed by atoms with van der Waals surface area (Å²) in [5.41, 5.74) is 1.75. The van der Waals surface area contributed by atoms with Crippen LogP contribution in [0.25, 0.3) is 0 Å². The van der Waals surface area contributed by atoms with Gasteiger partial charge in [0, 0.05) is 32.4 Å². The molecule has 7 heteroatoms. The van der Waals surface area contributed by atoms with Gasteiger partial charge in [0.2, 0.25) is 0 Å². The smallest absolute Gasteiger partial charge is 0.321 e. The Morgan fingerprint density at radius 2 is 1.60 bits per heavy atom. The second kappa shape index (κ2) is 10.4. The molecule has 0 bridgehead atoms. The number of hydrogen-bond acceptors (Lipinski definition) is 4. The number of carbonyl (C=O) groups excluding carboxylic acids is 3. The van der Waals surface area contributed by atoms with Crippen LogP contribution in [0.1, 0.15) is 18.4 Å². The normalized spacial score (nSPS) is 14.1. The van der Waals surface area contributed by atoms with Crippen LogP contribution in [0.15, 0.2) is 60.7 Å². The molecule has 3 rings (SSSR count). The molecular formula is C23H27N3O4. The SMILES string of the molecule is CN(Cc1ccccc1)C(=O)COC(=O)C1CCN(C(=O)Nc2ccccc2)CC1. The van der Waals surface area contributed by atoms with E-state index in [4.69, 9.17) is 4.74 Å². The van der Waals surface area contributed by atoms with E-state index in [1.807, 2.05) is 60.7 Å². The Hall–Kier alpha value is -3.35. The topological polar surface area (TPSA) is 79.0 Å². The largest absolute Gasteiger partial charge is 0.455 e. The first-order valence-electron chi connectivity index (χ1n) is 10.1. The van der Waals surface area contributed by atoms with E-state index in [9.17, 15) is 14.4 Å². The number of esters is 1. The third-order valence-electron chi connectivity index (χ3n) is 5.17. The lowest BCUT2D eigenvalue weighted by atomic mass is 9.97. The number of piperidine rings is 1. The zero-order valence-corrected chi connectivity index (χ0v) is 17.1. The van der Waals surface area contributed by atoms with Gasteiger partial charge in [-0.3, -0.25) is 9.59 Å². The summed E-state index contributed by atoms with van der Waals surface area (Å²) >= 11 is 0. The van der Waals surface area contributed by atoms with E-state index < -0.39 is 0 Å². The van der Waals surface area contributed by atoms with Gasteiger partial charge in [0.25, 0.3) is 5.91 Å². The highest BCUT2D eigenvalue weighted by Crippen LogP contribution is 2.20.